The zero-order valence-electron chi connectivity index (χ0n) is 9.46. The molecule has 1 aromatic heterocycles. The van der Waals surface area contributed by atoms with E-state index in [1.54, 1.807) is 12.3 Å². The third kappa shape index (κ3) is 2.26. The minimum Gasteiger partial charge on any atom is -0.494 e. The summed E-state index contributed by atoms with van der Waals surface area (Å²) in [6, 6.07) is 6.05. The summed E-state index contributed by atoms with van der Waals surface area (Å²) in [5, 5.41) is 11.4. The lowest BCUT2D eigenvalue weighted by Crippen LogP contribution is -1.94. The predicted octanol–water partition coefficient (Wildman–Crippen LogP) is 3.32. The second-order valence-electron chi connectivity index (χ2n) is 3.49. The molecule has 2 aromatic rings. The van der Waals surface area contributed by atoms with Gasteiger partial charge in [0.1, 0.15) is 5.75 Å². The van der Waals surface area contributed by atoms with Crippen LogP contribution in [-0.4, -0.2) is 17.0 Å². The molecule has 18 heavy (non-hydrogen) atoms. The van der Waals surface area contributed by atoms with Crippen molar-refractivity contribution in [2.45, 2.75) is 0 Å². The second kappa shape index (κ2) is 5.01. The molecule has 1 aromatic carbocycles. The van der Waals surface area contributed by atoms with Crippen molar-refractivity contribution in [3.63, 3.8) is 0 Å². The van der Waals surface area contributed by atoms with Crippen molar-refractivity contribution in [2.75, 3.05) is 7.11 Å². The molecule has 92 valence electrons. The molecule has 0 saturated carbocycles. The molecule has 0 atom stereocenters. The van der Waals surface area contributed by atoms with Crippen molar-refractivity contribution < 1.29 is 9.66 Å². The number of hydrogen-bond acceptors (Lipinski definition) is 4. The maximum absolute atomic E-state index is 11.0. The monoisotopic (exact) mass is 264 g/mol. The molecule has 0 amide bonds. The number of benzene rings is 1. The fraction of sp³-hybridized carbons (Fsp3) is 0.0833. The Labute approximate surface area is 108 Å². The summed E-state index contributed by atoms with van der Waals surface area (Å²) in [4.78, 5) is 14.5. The Hall–Kier alpha value is -2.14. The molecule has 0 aliphatic carbocycles. The SMILES string of the molecule is COc1cnccc1-c1cc(Cl)ccc1[N+](=O)[O-]. The number of nitro groups is 1. The maximum Gasteiger partial charge on any atom is 0.277 e. The van der Waals surface area contributed by atoms with Crippen LogP contribution in [0.4, 0.5) is 5.69 Å². The van der Waals surface area contributed by atoms with Crippen LogP contribution in [-0.2, 0) is 0 Å². The Balaban J connectivity index is 2.69. The number of halogens is 1. The van der Waals surface area contributed by atoms with E-state index >= 15 is 0 Å². The van der Waals surface area contributed by atoms with Crippen LogP contribution in [0.5, 0.6) is 5.75 Å². The van der Waals surface area contributed by atoms with E-state index in [4.69, 9.17) is 16.3 Å². The zero-order chi connectivity index (χ0) is 13.1. The Bertz CT molecular complexity index is 602. The summed E-state index contributed by atoms with van der Waals surface area (Å²) >= 11 is 5.89. The summed E-state index contributed by atoms with van der Waals surface area (Å²) in [5.41, 5.74) is 0.970. The number of nitrogens with zero attached hydrogens (tertiary/aromatic N) is 2. The quantitative estimate of drug-likeness (QED) is 0.630. The van der Waals surface area contributed by atoms with E-state index in [2.05, 4.69) is 4.98 Å². The lowest BCUT2D eigenvalue weighted by Gasteiger charge is -2.08. The van der Waals surface area contributed by atoms with E-state index in [-0.39, 0.29) is 5.69 Å². The molecule has 1 heterocycles. The Morgan fingerprint density at radius 2 is 2.11 bits per heavy atom. The summed E-state index contributed by atoms with van der Waals surface area (Å²) in [6.07, 6.45) is 3.04. The number of methoxy groups -OCH3 is 1. The topological polar surface area (TPSA) is 65.3 Å². The van der Waals surface area contributed by atoms with Crippen molar-refractivity contribution in [1.29, 1.82) is 0 Å². The number of aromatic nitrogens is 1. The highest BCUT2D eigenvalue weighted by Gasteiger charge is 2.18. The summed E-state index contributed by atoms with van der Waals surface area (Å²) in [6.45, 7) is 0. The lowest BCUT2D eigenvalue weighted by molar-refractivity contribution is -0.384. The van der Waals surface area contributed by atoms with Crippen LogP contribution in [0.25, 0.3) is 11.1 Å². The van der Waals surface area contributed by atoms with Crippen molar-refractivity contribution >= 4 is 17.3 Å². The number of pyridine rings is 1. The molecule has 6 heteroatoms. The first-order valence-electron chi connectivity index (χ1n) is 5.06. The molecule has 5 nitrogen and oxygen atoms in total. The highest BCUT2D eigenvalue weighted by molar-refractivity contribution is 6.31. The van der Waals surface area contributed by atoms with Crippen molar-refractivity contribution in [3.8, 4) is 16.9 Å². The van der Waals surface area contributed by atoms with Gasteiger partial charge in [0, 0.05) is 22.8 Å². The minimum absolute atomic E-state index is 0.0242. The minimum atomic E-state index is -0.453. The number of nitro benzene ring substituents is 1. The molecule has 0 aliphatic rings. The molecule has 0 bridgehead atoms. The summed E-state index contributed by atoms with van der Waals surface area (Å²) in [5.74, 6) is 0.461. The third-order valence-electron chi connectivity index (χ3n) is 2.45. The smallest absolute Gasteiger partial charge is 0.277 e. The highest BCUT2D eigenvalue weighted by Crippen LogP contribution is 2.36. The van der Waals surface area contributed by atoms with Gasteiger partial charge in [-0.25, -0.2) is 0 Å². The first-order valence-corrected chi connectivity index (χ1v) is 5.43. The van der Waals surface area contributed by atoms with Gasteiger partial charge in [0.25, 0.3) is 5.69 Å². The van der Waals surface area contributed by atoms with E-state index in [0.29, 0.717) is 21.9 Å². The maximum atomic E-state index is 11.0. The molecule has 0 aliphatic heterocycles. The van der Waals surface area contributed by atoms with Crippen LogP contribution < -0.4 is 4.74 Å². The summed E-state index contributed by atoms with van der Waals surface area (Å²) < 4.78 is 5.15. The average molecular weight is 265 g/mol. The van der Waals surface area contributed by atoms with Crippen molar-refractivity contribution in [1.82, 2.24) is 4.98 Å². The lowest BCUT2D eigenvalue weighted by atomic mass is 10.0. The Morgan fingerprint density at radius 3 is 2.78 bits per heavy atom. The molecule has 2 rings (SSSR count). The molecule has 0 radical (unpaired) electrons. The van der Waals surface area contributed by atoms with Gasteiger partial charge >= 0.3 is 0 Å². The van der Waals surface area contributed by atoms with E-state index in [1.165, 1.54) is 31.5 Å². The standard InChI is InChI=1S/C12H9ClN2O3/c1-18-12-7-14-5-4-9(12)10-6-8(13)2-3-11(10)15(16)17/h2-7H,1H3. The normalized spacial score (nSPS) is 10.1. The van der Waals surface area contributed by atoms with Crippen LogP contribution in [0, 0.1) is 10.1 Å². The van der Waals surface area contributed by atoms with Gasteiger partial charge in [-0.1, -0.05) is 11.6 Å². The fourth-order valence-corrected chi connectivity index (χ4v) is 1.82. The molecule has 0 spiro atoms. The van der Waals surface area contributed by atoms with Gasteiger partial charge < -0.3 is 4.74 Å². The zero-order valence-corrected chi connectivity index (χ0v) is 10.2. The second-order valence-corrected chi connectivity index (χ2v) is 3.93. The van der Waals surface area contributed by atoms with Crippen LogP contribution in [0.15, 0.2) is 36.7 Å². The Kier molecular flexibility index (Phi) is 3.43. The van der Waals surface area contributed by atoms with E-state index in [9.17, 15) is 10.1 Å². The largest absolute Gasteiger partial charge is 0.494 e. The average Bonchev–Trinajstić information content (AvgIpc) is 2.38. The van der Waals surface area contributed by atoms with Crippen LogP contribution in [0.1, 0.15) is 0 Å². The van der Waals surface area contributed by atoms with Gasteiger partial charge in [-0.2, -0.15) is 0 Å². The van der Waals surface area contributed by atoms with E-state index < -0.39 is 4.92 Å². The van der Waals surface area contributed by atoms with Crippen molar-refractivity contribution in [3.05, 3.63) is 51.8 Å². The number of hydrogen-bond donors (Lipinski definition) is 0. The van der Waals surface area contributed by atoms with Gasteiger partial charge in [0.15, 0.2) is 0 Å². The highest BCUT2D eigenvalue weighted by atomic mass is 35.5. The molecule has 0 fully saturated rings. The van der Waals surface area contributed by atoms with Gasteiger partial charge in [-0.05, 0) is 18.2 Å². The molecular formula is C12H9ClN2O3. The van der Waals surface area contributed by atoms with E-state index in [1.807, 2.05) is 0 Å². The van der Waals surface area contributed by atoms with Crippen LogP contribution in [0.2, 0.25) is 5.02 Å². The van der Waals surface area contributed by atoms with Crippen LogP contribution in [0.3, 0.4) is 0 Å². The van der Waals surface area contributed by atoms with Gasteiger partial charge in [0.05, 0.1) is 23.8 Å². The molecular weight excluding hydrogens is 256 g/mol. The van der Waals surface area contributed by atoms with Crippen molar-refractivity contribution in [2.24, 2.45) is 0 Å². The molecule has 0 N–H and O–H groups in total. The summed E-state index contributed by atoms with van der Waals surface area (Å²) in [7, 11) is 1.48. The predicted molar refractivity (Wildman–Crippen MR) is 67.9 cm³/mol. The van der Waals surface area contributed by atoms with Gasteiger partial charge in [-0.3, -0.25) is 15.1 Å². The van der Waals surface area contributed by atoms with Crippen LogP contribution >= 0.6 is 11.6 Å². The number of rotatable bonds is 3. The first-order chi connectivity index (χ1) is 8.63. The third-order valence-corrected chi connectivity index (χ3v) is 2.68. The fourth-order valence-electron chi connectivity index (χ4n) is 1.65. The van der Waals surface area contributed by atoms with E-state index in [0.717, 1.165) is 0 Å². The van der Waals surface area contributed by atoms with Gasteiger partial charge in [-0.15, -0.1) is 0 Å². The number of ether oxygens (including phenoxy) is 1. The molecule has 0 unspecified atom stereocenters. The Morgan fingerprint density at radius 1 is 1.33 bits per heavy atom. The van der Waals surface area contributed by atoms with Gasteiger partial charge in [0.2, 0.25) is 0 Å². The first kappa shape index (κ1) is 12.3. The molecule has 0 saturated heterocycles.